The Morgan fingerprint density at radius 1 is 1.14 bits per heavy atom. The Morgan fingerprint density at radius 2 is 2.03 bits per heavy atom. The predicted octanol–water partition coefficient (Wildman–Crippen LogP) is 4.37. The van der Waals surface area contributed by atoms with E-state index in [4.69, 9.17) is 0 Å². The van der Waals surface area contributed by atoms with E-state index >= 15 is 0 Å². The lowest BCUT2D eigenvalue weighted by molar-refractivity contribution is 0.0787. The zero-order valence-electron chi connectivity index (χ0n) is 15.9. The highest BCUT2D eigenvalue weighted by atomic mass is 32.1. The molecule has 4 aromatic rings. The number of halogens is 1. The van der Waals surface area contributed by atoms with Crippen LogP contribution >= 0.6 is 11.3 Å². The van der Waals surface area contributed by atoms with Gasteiger partial charge in [0.15, 0.2) is 5.69 Å². The van der Waals surface area contributed by atoms with Crippen LogP contribution in [0.3, 0.4) is 0 Å². The van der Waals surface area contributed by atoms with Gasteiger partial charge >= 0.3 is 0 Å². The number of thiophene rings is 1. The minimum absolute atomic E-state index is 0.117. The average molecular weight is 409 g/mol. The first-order valence-corrected chi connectivity index (χ1v) is 10.1. The number of H-pyrrole nitrogens is 2. The molecule has 3 aromatic heterocycles. The Balaban J connectivity index is 1.31. The number of carbonyl (C=O) groups excluding carboxylic acids is 1. The lowest BCUT2D eigenvalue weighted by Gasteiger charge is -2.15. The summed E-state index contributed by atoms with van der Waals surface area (Å²) in [4.78, 5) is 15.3. The number of carbonyl (C=O) groups is 1. The molecule has 0 aliphatic rings. The lowest BCUT2D eigenvalue weighted by atomic mass is 10.1. The second-order valence-electron chi connectivity index (χ2n) is 6.76. The fourth-order valence-corrected chi connectivity index (χ4v) is 3.77. The topological polar surface area (TPSA) is 77.7 Å². The van der Waals surface area contributed by atoms with Crippen LogP contribution in [0, 0.1) is 5.82 Å². The Kier molecular flexibility index (Phi) is 5.53. The number of nitrogens with zero attached hydrogens (tertiary/aromatic N) is 3. The van der Waals surface area contributed by atoms with Gasteiger partial charge < -0.3 is 4.90 Å². The SMILES string of the molecule is CN(CCCc1cc(-c2cccc(F)c2)n[nH]1)C(=O)c1cc(-c2cccs2)[nH]n1. The molecule has 29 heavy (non-hydrogen) atoms. The van der Waals surface area contributed by atoms with Gasteiger partial charge in [0.1, 0.15) is 5.82 Å². The van der Waals surface area contributed by atoms with Gasteiger partial charge in [-0.05, 0) is 48.6 Å². The molecule has 148 valence electrons. The van der Waals surface area contributed by atoms with Crippen molar-refractivity contribution in [1.82, 2.24) is 25.3 Å². The molecule has 0 aliphatic heterocycles. The largest absolute Gasteiger partial charge is 0.340 e. The van der Waals surface area contributed by atoms with Crippen LogP contribution in [0.5, 0.6) is 0 Å². The smallest absolute Gasteiger partial charge is 0.274 e. The molecule has 0 spiro atoms. The van der Waals surface area contributed by atoms with Crippen molar-refractivity contribution in [3.05, 3.63) is 71.1 Å². The van der Waals surface area contributed by atoms with Gasteiger partial charge in [0.25, 0.3) is 5.91 Å². The third kappa shape index (κ3) is 4.43. The first kappa shape index (κ1) is 19.1. The maximum atomic E-state index is 13.4. The van der Waals surface area contributed by atoms with Crippen molar-refractivity contribution >= 4 is 17.2 Å². The predicted molar refractivity (Wildman–Crippen MR) is 111 cm³/mol. The van der Waals surface area contributed by atoms with Gasteiger partial charge in [-0.3, -0.25) is 15.0 Å². The molecule has 4 rings (SSSR count). The normalized spacial score (nSPS) is 11.0. The molecule has 0 radical (unpaired) electrons. The maximum Gasteiger partial charge on any atom is 0.274 e. The molecule has 3 heterocycles. The van der Waals surface area contributed by atoms with Crippen molar-refractivity contribution in [2.45, 2.75) is 12.8 Å². The number of nitrogens with one attached hydrogen (secondary N) is 2. The number of rotatable bonds is 7. The molecule has 0 bridgehead atoms. The summed E-state index contributed by atoms with van der Waals surface area (Å²) >= 11 is 1.60. The van der Waals surface area contributed by atoms with E-state index in [9.17, 15) is 9.18 Å². The molecule has 8 heteroatoms. The summed E-state index contributed by atoms with van der Waals surface area (Å²) in [5.74, 6) is -0.401. The summed E-state index contributed by atoms with van der Waals surface area (Å²) < 4.78 is 13.4. The zero-order valence-corrected chi connectivity index (χ0v) is 16.7. The quantitative estimate of drug-likeness (QED) is 0.476. The van der Waals surface area contributed by atoms with Crippen LogP contribution in [0.1, 0.15) is 22.6 Å². The highest BCUT2D eigenvalue weighted by Gasteiger charge is 2.16. The summed E-state index contributed by atoms with van der Waals surface area (Å²) in [6.45, 7) is 0.592. The summed E-state index contributed by atoms with van der Waals surface area (Å²) in [6.07, 6.45) is 1.51. The van der Waals surface area contributed by atoms with Crippen LogP contribution in [0.4, 0.5) is 4.39 Å². The van der Waals surface area contributed by atoms with E-state index in [-0.39, 0.29) is 11.7 Å². The van der Waals surface area contributed by atoms with Crippen LogP contribution in [0.2, 0.25) is 0 Å². The number of aromatic amines is 2. The maximum absolute atomic E-state index is 13.4. The van der Waals surface area contributed by atoms with Crippen LogP contribution in [-0.2, 0) is 6.42 Å². The van der Waals surface area contributed by atoms with Crippen LogP contribution in [0.25, 0.3) is 21.8 Å². The number of hydrogen-bond acceptors (Lipinski definition) is 4. The Morgan fingerprint density at radius 3 is 2.83 bits per heavy atom. The molecule has 2 N–H and O–H groups in total. The van der Waals surface area contributed by atoms with E-state index in [1.807, 2.05) is 29.6 Å². The molecule has 0 saturated heterocycles. The van der Waals surface area contributed by atoms with E-state index in [1.165, 1.54) is 12.1 Å². The van der Waals surface area contributed by atoms with Crippen LogP contribution in [-0.4, -0.2) is 44.8 Å². The van der Waals surface area contributed by atoms with Gasteiger partial charge in [-0.2, -0.15) is 10.2 Å². The van der Waals surface area contributed by atoms with Crippen LogP contribution in [0.15, 0.2) is 53.9 Å². The second kappa shape index (κ2) is 8.40. The minimum Gasteiger partial charge on any atom is -0.340 e. The molecule has 0 saturated carbocycles. The van der Waals surface area contributed by atoms with E-state index in [1.54, 1.807) is 35.4 Å². The summed E-state index contributed by atoms with van der Waals surface area (Å²) in [7, 11) is 1.77. The van der Waals surface area contributed by atoms with Crippen molar-refractivity contribution in [2.24, 2.45) is 0 Å². The summed E-state index contributed by atoms with van der Waals surface area (Å²) in [6, 6.07) is 14.0. The minimum atomic E-state index is -0.284. The Labute approximate surface area is 171 Å². The number of aryl methyl sites for hydroxylation is 1. The highest BCUT2D eigenvalue weighted by molar-refractivity contribution is 7.13. The molecular weight excluding hydrogens is 389 g/mol. The van der Waals surface area contributed by atoms with Crippen molar-refractivity contribution in [2.75, 3.05) is 13.6 Å². The van der Waals surface area contributed by atoms with Crippen molar-refractivity contribution in [3.63, 3.8) is 0 Å². The van der Waals surface area contributed by atoms with Gasteiger partial charge in [-0.25, -0.2) is 4.39 Å². The Bertz CT molecular complexity index is 1100. The average Bonchev–Trinajstić information content (AvgIpc) is 3.48. The van der Waals surface area contributed by atoms with E-state index in [2.05, 4.69) is 20.4 Å². The van der Waals surface area contributed by atoms with Crippen molar-refractivity contribution < 1.29 is 9.18 Å². The van der Waals surface area contributed by atoms with E-state index in [0.29, 0.717) is 17.9 Å². The third-order valence-corrected chi connectivity index (χ3v) is 5.52. The third-order valence-electron chi connectivity index (χ3n) is 4.62. The van der Waals surface area contributed by atoms with Crippen molar-refractivity contribution in [1.29, 1.82) is 0 Å². The monoisotopic (exact) mass is 409 g/mol. The molecular formula is C21H20FN5OS. The van der Waals surface area contributed by atoms with Gasteiger partial charge in [-0.15, -0.1) is 11.3 Å². The molecule has 0 fully saturated rings. The molecule has 0 unspecified atom stereocenters. The van der Waals surface area contributed by atoms with Gasteiger partial charge in [0, 0.05) is 24.8 Å². The number of amides is 1. The second-order valence-corrected chi connectivity index (χ2v) is 7.71. The van der Waals surface area contributed by atoms with E-state index < -0.39 is 0 Å². The zero-order chi connectivity index (χ0) is 20.2. The van der Waals surface area contributed by atoms with Crippen LogP contribution < -0.4 is 0 Å². The van der Waals surface area contributed by atoms with Crippen molar-refractivity contribution in [3.8, 4) is 21.8 Å². The molecule has 0 atom stereocenters. The lowest BCUT2D eigenvalue weighted by Crippen LogP contribution is -2.28. The van der Waals surface area contributed by atoms with Gasteiger partial charge in [0.05, 0.1) is 16.3 Å². The molecule has 1 aromatic carbocycles. The highest BCUT2D eigenvalue weighted by Crippen LogP contribution is 2.23. The summed E-state index contributed by atoms with van der Waals surface area (Å²) in [5.41, 5.74) is 3.65. The molecule has 0 aliphatic carbocycles. The fourth-order valence-electron chi connectivity index (χ4n) is 3.08. The summed E-state index contributed by atoms with van der Waals surface area (Å²) in [5, 5.41) is 16.3. The number of hydrogen-bond donors (Lipinski definition) is 2. The standard InChI is InChI=1S/C21H20FN5OS/c1-27(21(28)19-13-18(25-26-19)20-8-4-10-29-20)9-3-7-16-12-17(24-23-16)14-5-2-6-15(22)11-14/h2,4-6,8,10-13H,3,7,9H2,1H3,(H,23,24)(H,25,26). The van der Waals surface area contributed by atoms with Gasteiger partial charge in [-0.1, -0.05) is 18.2 Å². The van der Waals surface area contributed by atoms with Gasteiger partial charge in [0.2, 0.25) is 0 Å². The first-order chi connectivity index (χ1) is 14.1. The molecule has 6 nitrogen and oxygen atoms in total. The number of benzene rings is 1. The number of aromatic nitrogens is 4. The fraction of sp³-hybridized carbons (Fsp3) is 0.190. The first-order valence-electron chi connectivity index (χ1n) is 9.25. The Hall–Kier alpha value is -3.26. The van der Waals surface area contributed by atoms with E-state index in [0.717, 1.165) is 34.7 Å². The molecule has 1 amide bonds.